The first-order chi connectivity index (χ1) is 11.3. The van der Waals surface area contributed by atoms with Gasteiger partial charge in [0.25, 0.3) is 5.91 Å². The number of anilines is 1. The van der Waals surface area contributed by atoms with Gasteiger partial charge in [-0.25, -0.2) is 4.79 Å². The van der Waals surface area contributed by atoms with Gasteiger partial charge in [0.15, 0.2) is 0 Å². The second kappa shape index (κ2) is 7.53. The summed E-state index contributed by atoms with van der Waals surface area (Å²) < 4.78 is 0. The Hall–Kier alpha value is -2.28. The van der Waals surface area contributed by atoms with Crippen molar-refractivity contribution < 1.29 is 19.5 Å². The molecule has 1 aromatic carbocycles. The molecule has 24 heavy (non-hydrogen) atoms. The monoisotopic (exact) mass is 353 g/mol. The molecule has 7 nitrogen and oxygen atoms in total. The molecule has 0 radical (unpaired) electrons. The highest BCUT2D eigenvalue weighted by atomic mass is 35.5. The van der Waals surface area contributed by atoms with Crippen LogP contribution in [-0.4, -0.2) is 48.1 Å². The van der Waals surface area contributed by atoms with E-state index in [1.54, 1.807) is 6.07 Å². The Balaban J connectivity index is 2.14. The maximum absolute atomic E-state index is 12.4. The number of rotatable bonds is 3. The van der Waals surface area contributed by atoms with Crippen molar-refractivity contribution in [3.63, 3.8) is 0 Å². The molecule has 0 saturated carbocycles. The van der Waals surface area contributed by atoms with E-state index >= 15 is 0 Å². The van der Waals surface area contributed by atoms with Gasteiger partial charge in [-0.3, -0.25) is 9.59 Å². The van der Waals surface area contributed by atoms with Crippen LogP contribution in [0.1, 0.15) is 23.7 Å². The van der Waals surface area contributed by atoms with Crippen LogP contribution in [0.15, 0.2) is 18.2 Å². The van der Waals surface area contributed by atoms with Crippen LogP contribution >= 0.6 is 11.6 Å². The van der Waals surface area contributed by atoms with Gasteiger partial charge in [0.1, 0.15) is 0 Å². The molecule has 2 atom stereocenters. The summed E-state index contributed by atoms with van der Waals surface area (Å²) in [6, 6.07) is 4.14. The summed E-state index contributed by atoms with van der Waals surface area (Å²) in [5.41, 5.74) is 0.681. The van der Waals surface area contributed by atoms with Crippen molar-refractivity contribution in [2.45, 2.75) is 13.3 Å². The topological polar surface area (TPSA) is 98.7 Å². The lowest BCUT2D eigenvalue weighted by molar-refractivity contribution is -0.143. The van der Waals surface area contributed by atoms with E-state index in [1.165, 1.54) is 24.1 Å². The number of halogens is 1. The first-order valence-corrected chi connectivity index (χ1v) is 8.00. The summed E-state index contributed by atoms with van der Waals surface area (Å²) >= 11 is 6.08. The van der Waals surface area contributed by atoms with E-state index in [-0.39, 0.29) is 18.4 Å². The quantitative estimate of drug-likeness (QED) is 0.776. The molecule has 8 heteroatoms. The van der Waals surface area contributed by atoms with Gasteiger partial charge in [-0.15, -0.1) is 0 Å². The number of amides is 3. The van der Waals surface area contributed by atoms with Gasteiger partial charge in [0.05, 0.1) is 16.6 Å². The molecule has 0 aliphatic carbocycles. The van der Waals surface area contributed by atoms with Crippen molar-refractivity contribution >= 4 is 35.2 Å². The Morgan fingerprint density at radius 3 is 2.62 bits per heavy atom. The molecule has 3 N–H and O–H groups in total. The molecule has 0 aromatic heterocycles. The first kappa shape index (κ1) is 18.1. The van der Waals surface area contributed by atoms with Crippen LogP contribution in [-0.2, 0) is 4.79 Å². The number of carbonyl (C=O) groups excluding carboxylic acids is 2. The first-order valence-electron chi connectivity index (χ1n) is 7.62. The smallest absolute Gasteiger partial charge is 0.321 e. The predicted octanol–water partition coefficient (Wildman–Crippen LogP) is 2.27. The lowest BCUT2D eigenvalue weighted by Gasteiger charge is -2.34. The lowest BCUT2D eigenvalue weighted by atomic mass is 9.91. The van der Waals surface area contributed by atoms with Crippen molar-refractivity contribution in [2.75, 3.05) is 25.5 Å². The van der Waals surface area contributed by atoms with Crippen molar-refractivity contribution in [1.82, 2.24) is 10.2 Å². The third-order valence-corrected chi connectivity index (χ3v) is 4.32. The molecule has 1 fully saturated rings. The molecule has 130 valence electrons. The summed E-state index contributed by atoms with van der Waals surface area (Å²) in [5.74, 6) is -1.68. The average Bonchev–Trinajstić information content (AvgIpc) is 2.55. The highest BCUT2D eigenvalue weighted by Gasteiger charge is 2.32. The van der Waals surface area contributed by atoms with E-state index in [0.717, 1.165) is 0 Å². The number of likely N-dealkylation sites (tertiary alicyclic amines) is 1. The maximum Gasteiger partial charge on any atom is 0.321 e. The standard InChI is InChI=1S/C16H20ClN3O4/c1-9-5-11(15(22)23)8-20(7-9)16(24)19-13-6-10(14(21)18-2)3-4-12(13)17/h3-4,6,9,11H,5,7-8H2,1-2H3,(H,18,21)(H,19,24)(H,22,23). The summed E-state index contributed by atoms with van der Waals surface area (Å²) in [6.45, 7) is 2.54. The van der Waals surface area contributed by atoms with Gasteiger partial charge in [0, 0.05) is 25.7 Å². The molecule has 1 aliphatic rings. The highest BCUT2D eigenvalue weighted by Crippen LogP contribution is 2.26. The zero-order valence-corrected chi connectivity index (χ0v) is 14.3. The normalized spacial score (nSPS) is 20.4. The molecule has 0 spiro atoms. The third kappa shape index (κ3) is 4.17. The van der Waals surface area contributed by atoms with Gasteiger partial charge in [-0.05, 0) is 30.5 Å². The largest absolute Gasteiger partial charge is 0.481 e. The number of aliphatic carboxylic acids is 1. The summed E-state index contributed by atoms with van der Waals surface area (Å²) in [7, 11) is 1.51. The average molecular weight is 354 g/mol. The SMILES string of the molecule is CNC(=O)c1ccc(Cl)c(NC(=O)N2CC(C)CC(C(=O)O)C2)c1. The zero-order valence-electron chi connectivity index (χ0n) is 13.5. The lowest BCUT2D eigenvalue weighted by Crippen LogP contribution is -2.47. The number of benzene rings is 1. The Kier molecular flexibility index (Phi) is 5.66. The molecular weight excluding hydrogens is 334 g/mol. The minimum absolute atomic E-state index is 0.0956. The second-order valence-electron chi connectivity index (χ2n) is 5.98. The number of carboxylic acids is 1. The number of nitrogens with zero attached hydrogens (tertiary/aromatic N) is 1. The van der Waals surface area contributed by atoms with E-state index in [1.807, 2.05) is 6.92 Å². The Labute approximate surface area is 145 Å². The van der Waals surface area contributed by atoms with E-state index in [9.17, 15) is 19.5 Å². The van der Waals surface area contributed by atoms with Crippen LogP contribution in [0.25, 0.3) is 0 Å². The Morgan fingerprint density at radius 2 is 2.00 bits per heavy atom. The van der Waals surface area contributed by atoms with Crippen molar-refractivity contribution in [2.24, 2.45) is 11.8 Å². The van der Waals surface area contributed by atoms with E-state index < -0.39 is 17.9 Å². The van der Waals surface area contributed by atoms with Crippen molar-refractivity contribution in [3.05, 3.63) is 28.8 Å². The fourth-order valence-corrected chi connectivity index (χ4v) is 2.96. The van der Waals surface area contributed by atoms with E-state index in [4.69, 9.17) is 11.6 Å². The van der Waals surface area contributed by atoms with Crippen LogP contribution in [0, 0.1) is 11.8 Å². The molecule has 1 aromatic rings. The Morgan fingerprint density at radius 1 is 1.29 bits per heavy atom. The highest BCUT2D eigenvalue weighted by molar-refractivity contribution is 6.33. The van der Waals surface area contributed by atoms with Crippen molar-refractivity contribution in [3.8, 4) is 0 Å². The Bertz CT molecular complexity index is 665. The number of nitrogens with one attached hydrogen (secondary N) is 2. The number of hydrogen-bond donors (Lipinski definition) is 3. The van der Waals surface area contributed by atoms with Crippen LogP contribution in [0.4, 0.5) is 10.5 Å². The summed E-state index contributed by atoms with van der Waals surface area (Å²) in [5, 5.41) is 14.7. The molecule has 1 heterocycles. The van der Waals surface area contributed by atoms with Crippen LogP contribution in [0.2, 0.25) is 5.02 Å². The predicted molar refractivity (Wildman–Crippen MR) is 90.3 cm³/mol. The fourth-order valence-electron chi connectivity index (χ4n) is 2.80. The molecule has 0 bridgehead atoms. The number of carbonyl (C=O) groups is 3. The maximum atomic E-state index is 12.4. The van der Waals surface area contributed by atoms with Crippen LogP contribution < -0.4 is 10.6 Å². The number of carboxylic acid groups (broad SMARTS) is 1. The fraction of sp³-hybridized carbons (Fsp3) is 0.438. The second-order valence-corrected chi connectivity index (χ2v) is 6.39. The van der Waals surface area contributed by atoms with Gasteiger partial charge < -0.3 is 20.6 Å². The number of hydrogen-bond acceptors (Lipinski definition) is 3. The van der Waals surface area contributed by atoms with Gasteiger partial charge in [-0.1, -0.05) is 18.5 Å². The third-order valence-electron chi connectivity index (χ3n) is 3.99. The molecule has 1 aliphatic heterocycles. The molecule has 1 saturated heterocycles. The summed E-state index contributed by atoms with van der Waals surface area (Å²) in [4.78, 5) is 36.8. The van der Waals surface area contributed by atoms with Gasteiger partial charge in [-0.2, -0.15) is 0 Å². The molecule has 3 amide bonds. The number of urea groups is 1. The minimum Gasteiger partial charge on any atom is -0.481 e. The molecule has 2 rings (SSSR count). The molecule has 2 unspecified atom stereocenters. The van der Waals surface area contributed by atoms with Crippen molar-refractivity contribution in [1.29, 1.82) is 0 Å². The van der Waals surface area contributed by atoms with E-state index in [0.29, 0.717) is 29.2 Å². The minimum atomic E-state index is -0.904. The molecular formula is C16H20ClN3O4. The number of piperidine rings is 1. The van der Waals surface area contributed by atoms with Crippen LogP contribution in [0.3, 0.4) is 0 Å². The van der Waals surface area contributed by atoms with Gasteiger partial charge in [0.2, 0.25) is 0 Å². The van der Waals surface area contributed by atoms with Gasteiger partial charge >= 0.3 is 12.0 Å². The van der Waals surface area contributed by atoms with Crippen LogP contribution in [0.5, 0.6) is 0 Å². The zero-order chi connectivity index (χ0) is 17.9. The van der Waals surface area contributed by atoms with E-state index in [2.05, 4.69) is 10.6 Å². The summed E-state index contributed by atoms with van der Waals surface area (Å²) in [6.07, 6.45) is 0.548.